The number of azo groups is 1. The number of carbonyl (C=O) groups is 1. The number of benzene rings is 1. The highest BCUT2D eigenvalue weighted by Crippen LogP contribution is 2.33. The highest BCUT2D eigenvalue weighted by Gasteiger charge is 2.21. The minimum atomic E-state index is -3.80. The third-order valence-electron chi connectivity index (χ3n) is 4.28. The molecule has 9 heteroatoms. The first-order valence-corrected chi connectivity index (χ1v) is 9.57. The first-order valence-electron chi connectivity index (χ1n) is 8.06. The predicted molar refractivity (Wildman–Crippen MR) is 101 cm³/mol. The lowest BCUT2D eigenvalue weighted by atomic mass is 10.0. The maximum Gasteiger partial charge on any atom is 0.352 e. The Morgan fingerprint density at radius 2 is 2.11 bits per heavy atom. The molecular formula is C18H14N4O4S. The van der Waals surface area contributed by atoms with Crippen molar-refractivity contribution in [1.82, 2.24) is 4.57 Å². The fourth-order valence-corrected chi connectivity index (χ4v) is 3.81. The van der Waals surface area contributed by atoms with Crippen LogP contribution in [0.1, 0.15) is 16.1 Å². The van der Waals surface area contributed by atoms with Gasteiger partial charge in [-0.15, -0.1) is 0 Å². The van der Waals surface area contributed by atoms with Crippen LogP contribution in [0, 0.1) is 0 Å². The van der Waals surface area contributed by atoms with Crippen LogP contribution < -0.4 is 0 Å². The third kappa shape index (κ3) is 3.13. The number of para-hydroxylation sites is 1. The Kier molecular flexibility index (Phi) is 4.08. The molecule has 0 unspecified atom stereocenters. The molecule has 0 fully saturated rings. The maximum atomic E-state index is 11.9. The summed E-state index contributed by atoms with van der Waals surface area (Å²) in [5.74, 6) is -1.09. The lowest BCUT2D eigenvalue weighted by molar-refractivity contribution is 0.0686. The molecule has 1 N–H and O–H groups in total. The van der Waals surface area contributed by atoms with Crippen molar-refractivity contribution in [3.8, 4) is 0 Å². The number of carboxylic acids is 1. The van der Waals surface area contributed by atoms with Crippen LogP contribution in [-0.4, -0.2) is 36.8 Å². The summed E-state index contributed by atoms with van der Waals surface area (Å²) >= 11 is 0. The zero-order valence-electron chi connectivity index (χ0n) is 14.0. The van der Waals surface area contributed by atoms with E-state index in [1.807, 2.05) is 18.2 Å². The second kappa shape index (κ2) is 6.44. The molecule has 8 nitrogen and oxygen atoms in total. The predicted octanol–water partition coefficient (Wildman–Crippen LogP) is 3.00. The molecule has 0 amide bonds. The molecule has 0 radical (unpaired) electrons. The Hall–Kier alpha value is -3.33. The number of nitrogens with zero attached hydrogens (tertiary/aromatic N) is 4. The number of hydrogen-bond donors (Lipinski definition) is 1. The van der Waals surface area contributed by atoms with Gasteiger partial charge in [0.25, 0.3) is 10.0 Å². The monoisotopic (exact) mass is 382 g/mol. The van der Waals surface area contributed by atoms with Crippen LogP contribution in [0.2, 0.25) is 0 Å². The smallest absolute Gasteiger partial charge is 0.352 e. The van der Waals surface area contributed by atoms with Gasteiger partial charge < -0.3 is 9.67 Å². The molecule has 1 aromatic carbocycles. The van der Waals surface area contributed by atoms with E-state index in [1.54, 1.807) is 16.7 Å². The summed E-state index contributed by atoms with van der Waals surface area (Å²) in [5, 5.41) is 19.5. The lowest BCUT2D eigenvalue weighted by Crippen LogP contribution is -2.08. The van der Waals surface area contributed by atoms with Gasteiger partial charge in [0.05, 0.1) is 23.2 Å². The van der Waals surface area contributed by atoms with Crippen LogP contribution >= 0.6 is 0 Å². The molecule has 2 aliphatic heterocycles. The normalized spacial score (nSPS) is 20.6. The maximum absolute atomic E-state index is 11.9. The van der Waals surface area contributed by atoms with Gasteiger partial charge >= 0.3 is 5.97 Å². The summed E-state index contributed by atoms with van der Waals surface area (Å²) in [4.78, 5) is 11.7. The molecule has 2 aromatic rings. The topological polar surface area (TPSA) is 113 Å². The van der Waals surface area contributed by atoms with Crippen molar-refractivity contribution in [2.45, 2.75) is 6.54 Å². The van der Waals surface area contributed by atoms with Crippen molar-refractivity contribution in [1.29, 1.82) is 0 Å². The van der Waals surface area contributed by atoms with E-state index in [1.165, 1.54) is 18.4 Å². The number of aromatic nitrogens is 1. The second-order valence-electron chi connectivity index (χ2n) is 5.95. The zero-order chi connectivity index (χ0) is 19.0. The average molecular weight is 382 g/mol. The van der Waals surface area contributed by atoms with Gasteiger partial charge in [0.1, 0.15) is 5.69 Å². The SMILES string of the molecule is O=C(O)c1cc2cccc3c2n1C/C=C\S(=O)(=O)N=C/C=C\C1=C3CN=N1. The molecule has 4 rings (SSSR count). The Labute approximate surface area is 154 Å². The van der Waals surface area contributed by atoms with E-state index >= 15 is 0 Å². The van der Waals surface area contributed by atoms with Gasteiger partial charge in [0.2, 0.25) is 0 Å². The van der Waals surface area contributed by atoms with E-state index in [9.17, 15) is 18.3 Å². The summed E-state index contributed by atoms with van der Waals surface area (Å²) in [6, 6.07) is 7.13. The summed E-state index contributed by atoms with van der Waals surface area (Å²) in [7, 11) is -3.80. The van der Waals surface area contributed by atoms with Crippen LogP contribution in [0.5, 0.6) is 0 Å². The molecular weight excluding hydrogens is 368 g/mol. The van der Waals surface area contributed by atoms with Crippen molar-refractivity contribution in [3.05, 3.63) is 64.9 Å². The molecule has 1 aromatic heterocycles. The highest BCUT2D eigenvalue weighted by molar-refractivity contribution is 7.93. The largest absolute Gasteiger partial charge is 0.477 e. The van der Waals surface area contributed by atoms with Crippen LogP contribution in [0.25, 0.3) is 16.5 Å². The van der Waals surface area contributed by atoms with Gasteiger partial charge in [-0.05, 0) is 18.2 Å². The van der Waals surface area contributed by atoms with E-state index in [-0.39, 0.29) is 12.2 Å². The van der Waals surface area contributed by atoms with Gasteiger partial charge in [-0.1, -0.05) is 24.3 Å². The van der Waals surface area contributed by atoms with Gasteiger partial charge in [-0.3, -0.25) is 0 Å². The molecule has 0 atom stereocenters. The number of hydrogen-bond acceptors (Lipinski definition) is 5. The lowest BCUT2D eigenvalue weighted by Gasteiger charge is -2.11. The Balaban J connectivity index is 2.05. The van der Waals surface area contributed by atoms with E-state index in [4.69, 9.17) is 0 Å². The van der Waals surface area contributed by atoms with Gasteiger partial charge in [-0.2, -0.15) is 23.0 Å². The molecule has 27 heavy (non-hydrogen) atoms. The summed E-state index contributed by atoms with van der Waals surface area (Å²) < 4.78 is 29.0. The van der Waals surface area contributed by atoms with E-state index in [0.717, 1.165) is 21.9 Å². The van der Waals surface area contributed by atoms with Crippen molar-refractivity contribution < 1.29 is 18.3 Å². The van der Waals surface area contributed by atoms with Crippen LogP contribution in [-0.2, 0) is 16.6 Å². The Morgan fingerprint density at radius 3 is 2.93 bits per heavy atom. The number of aromatic carboxylic acids is 1. The standard InChI is InChI=1S/C18H14N4O4S/c23-18(24)16-10-12-4-1-5-13-14-11-19-21-15(14)6-2-7-20-27(25,26)9-3-8-22(16)17(12)13/h1-7,9-10H,8,11H2,(H,23,24)/b6-2-,9-3-,20-7?. The Bertz CT molecular complexity index is 1210. The second-order valence-corrected chi connectivity index (χ2v) is 7.47. The van der Waals surface area contributed by atoms with Crippen LogP contribution in [0.3, 0.4) is 0 Å². The van der Waals surface area contributed by atoms with Crippen molar-refractivity contribution >= 4 is 38.7 Å². The van der Waals surface area contributed by atoms with E-state index in [0.29, 0.717) is 17.8 Å². The zero-order valence-corrected chi connectivity index (χ0v) is 14.8. The minimum absolute atomic E-state index is 0.0707. The fourth-order valence-electron chi connectivity index (χ4n) is 3.18. The number of carboxylic acid groups (broad SMARTS) is 1. The van der Waals surface area contributed by atoms with Crippen molar-refractivity contribution in [2.75, 3.05) is 6.54 Å². The summed E-state index contributed by atoms with van der Waals surface area (Å²) in [5.41, 5.74) is 3.01. The number of fused-ring (bicyclic) bond motifs is 1. The summed E-state index contributed by atoms with van der Waals surface area (Å²) in [6.07, 6.45) is 5.69. The molecule has 0 aliphatic carbocycles. The molecule has 136 valence electrons. The van der Waals surface area contributed by atoms with E-state index in [2.05, 4.69) is 14.6 Å². The molecule has 0 spiro atoms. The van der Waals surface area contributed by atoms with Crippen LogP contribution in [0.4, 0.5) is 0 Å². The first kappa shape index (κ1) is 17.1. The van der Waals surface area contributed by atoms with Gasteiger partial charge in [0.15, 0.2) is 0 Å². The van der Waals surface area contributed by atoms with Crippen molar-refractivity contribution in [2.24, 2.45) is 14.6 Å². The minimum Gasteiger partial charge on any atom is -0.477 e. The molecule has 3 heterocycles. The van der Waals surface area contributed by atoms with Gasteiger partial charge in [0, 0.05) is 29.3 Å². The molecule has 0 saturated carbocycles. The quantitative estimate of drug-likeness (QED) is 0.816. The fraction of sp³-hybridized carbons (Fsp3) is 0.111. The van der Waals surface area contributed by atoms with Gasteiger partial charge in [-0.25, -0.2) is 4.79 Å². The summed E-state index contributed by atoms with van der Waals surface area (Å²) in [6.45, 7) is 0.429. The third-order valence-corrected chi connectivity index (χ3v) is 5.24. The average Bonchev–Trinajstić information content (AvgIpc) is 3.22. The Morgan fingerprint density at radius 1 is 1.26 bits per heavy atom. The van der Waals surface area contributed by atoms with E-state index < -0.39 is 16.0 Å². The highest BCUT2D eigenvalue weighted by atomic mass is 32.2. The van der Waals surface area contributed by atoms with Crippen LogP contribution in [0.15, 0.2) is 68.2 Å². The number of allylic oxidation sites excluding steroid dienone is 3. The molecule has 0 saturated heterocycles. The number of rotatable bonds is 1. The molecule has 2 aliphatic rings. The molecule has 0 bridgehead atoms. The first-order chi connectivity index (χ1) is 13.0. The van der Waals surface area contributed by atoms with Crippen molar-refractivity contribution in [3.63, 3.8) is 0 Å². The number of sulfonamides is 1.